The molecule has 2 unspecified atom stereocenters. The van der Waals surface area contributed by atoms with Crippen molar-refractivity contribution in [3.63, 3.8) is 0 Å². The van der Waals surface area contributed by atoms with E-state index in [1.54, 1.807) is 6.07 Å². The Labute approximate surface area is 122 Å². The van der Waals surface area contributed by atoms with E-state index in [-0.39, 0.29) is 30.9 Å². The Morgan fingerprint density at radius 3 is 2.86 bits per heavy atom. The lowest BCUT2D eigenvalue weighted by molar-refractivity contribution is -0.147. The Morgan fingerprint density at radius 2 is 2.19 bits per heavy atom. The molecule has 21 heavy (non-hydrogen) atoms. The van der Waals surface area contributed by atoms with Gasteiger partial charge in [0.2, 0.25) is 0 Å². The number of benzene rings is 1. The van der Waals surface area contributed by atoms with E-state index in [0.29, 0.717) is 12.8 Å². The number of carboxylic acid groups (broad SMARTS) is 1. The van der Waals surface area contributed by atoms with Crippen LogP contribution in [0.5, 0.6) is 5.75 Å². The molecule has 1 aromatic rings. The highest BCUT2D eigenvalue weighted by Crippen LogP contribution is 2.22. The topological polar surface area (TPSA) is 66.8 Å². The van der Waals surface area contributed by atoms with Gasteiger partial charge in [0.25, 0.3) is 5.91 Å². The predicted molar refractivity (Wildman–Crippen MR) is 73.4 cm³/mol. The van der Waals surface area contributed by atoms with Crippen molar-refractivity contribution in [2.45, 2.75) is 25.8 Å². The average molecular weight is 295 g/mol. The standard InChI is InChI=1S/C15H18FNO4/c1-10-5-6-11(15(19)20)8-17(10)14(18)9-21-13-4-2-3-12(16)7-13/h2-4,7,10-11H,5-6,8-9H2,1H3,(H,19,20). The van der Waals surface area contributed by atoms with E-state index in [0.717, 1.165) is 0 Å². The van der Waals surface area contributed by atoms with E-state index in [1.807, 2.05) is 6.92 Å². The van der Waals surface area contributed by atoms with Gasteiger partial charge < -0.3 is 14.7 Å². The number of carboxylic acids is 1. The van der Waals surface area contributed by atoms with Gasteiger partial charge in [-0.05, 0) is 31.9 Å². The van der Waals surface area contributed by atoms with Gasteiger partial charge in [-0.15, -0.1) is 0 Å². The lowest BCUT2D eigenvalue weighted by Crippen LogP contribution is -2.49. The van der Waals surface area contributed by atoms with E-state index in [9.17, 15) is 14.0 Å². The van der Waals surface area contributed by atoms with Crippen LogP contribution in [0.1, 0.15) is 19.8 Å². The van der Waals surface area contributed by atoms with E-state index in [2.05, 4.69) is 0 Å². The summed E-state index contributed by atoms with van der Waals surface area (Å²) in [5.74, 6) is -1.84. The van der Waals surface area contributed by atoms with Crippen molar-refractivity contribution in [3.05, 3.63) is 30.1 Å². The molecule has 0 saturated carbocycles. The molecule has 5 nitrogen and oxygen atoms in total. The molecule has 0 spiro atoms. The van der Waals surface area contributed by atoms with Gasteiger partial charge in [0.05, 0.1) is 5.92 Å². The van der Waals surface area contributed by atoms with Gasteiger partial charge in [0.15, 0.2) is 6.61 Å². The Bertz CT molecular complexity index is 534. The number of amides is 1. The Morgan fingerprint density at radius 1 is 1.43 bits per heavy atom. The molecule has 1 aliphatic rings. The molecule has 1 saturated heterocycles. The minimum Gasteiger partial charge on any atom is -0.484 e. The largest absolute Gasteiger partial charge is 0.484 e. The average Bonchev–Trinajstić information content (AvgIpc) is 2.45. The highest BCUT2D eigenvalue weighted by atomic mass is 19.1. The van der Waals surface area contributed by atoms with Gasteiger partial charge in [-0.1, -0.05) is 6.07 Å². The van der Waals surface area contributed by atoms with E-state index < -0.39 is 17.7 Å². The second-order valence-corrected chi connectivity index (χ2v) is 5.25. The number of carbonyl (C=O) groups excluding carboxylic acids is 1. The monoisotopic (exact) mass is 295 g/mol. The molecule has 0 aromatic heterocycles. The summed E-state index contributed by atoms with van der Waals surface area (Å²) in [5, 5.41) is 9.05. The van der Waals surface area contributed by atoms with E-state index >= 15 is 0 Å². The lowest BCUT2D eigenvalue weighted by Gasteiger charge is -2.36. The zero-order valence-electron chi connectivity index (χ0n) is 11.8. The molecule has 2 atom stereocenters. The minimum atomic E-state index is -0.884. The molecule has 1 heterocycles. The predicted octanol–water partition coefficient (Wildman–Crippen LogP) is 1.92. The van der Waals surface area contributed by atoms with Crippen molar-refractivity contribution in [1.29, 1.82) is 0 Å². The number of hydrogen-bond acceptors (Lipinski definition) is 3. The zero-order chi connectivity index (χ0) is 15.4. The normalized spacial score (nSPS) is 21.9. The van der Waals surface area contributed by atoms with Crippen molar-refractivity contribution in [1.82, 2.24) is 4.90 Å². The molecule has 0 radical (unpaired) electrons. The molecular formula is C15H18FNO4. The van der Waals surface area contributed by atoms with Crippen molar-refractivity contribution in [2.24, 2.45) is 5.92 Å². The van der Waals surface area contributed by atoms with Crippen LogP contribution in [-0.4, -0.2) is 41.1 Å². The van der Waals surface area contributed by atoms with Crippen molar-refractivity contribution < 1.29 is 23.8 Å². The molecule has 1 aromatic carbocycles. The summed E-state index contributed by atoms with van der Waals surface area (Å²) >= 11 is 0. The number of carbonyl (C=O) groups is 2. The van der Waals surface area contributed by atoms with E-state index in [4.69, 9.17) is 9.84 Å². The zero-order valence-corrected chi connectivity index (χ0v) is 11.8. The number of nitrogens with zero attached hydrogens (tertiary/aromatic N) is 1. The first kappa shape index (κ1) is 15.3. The number of rotatable bonds is 4. The van der Waals surface area contributed by atoms with Crippen LogP contribution in [0.25, 0.3) is 0 Å². The SMILES string of the molecule is CC1CCC(C(=O)O)CN1C(=O)COc1cccc(F)c1. The van der Waals surface area contributed by atoms with Crippen molar-refractivity contribution in [3.8, 4) is 5.75 Å². The molecule has 1 amide bonds. The first-order valence-electron chi connectivity index (χ1n) is 6.88. The molecular weight excluding hydrogens is 277 g/mol. The van der Waals surface area contributed by atoms with Crippen LogP contribution < -0.4 is 4.74 Å². The van der Waals surface area contributed by atoms with Crippen LogP contribution in [0, 0.1) is 11.7 Å². The third-order valence-electron chi connectivity index (χ3n) is 3.71. The van der Waals surface area contributed by atoms with Gasteiger partial charge in [0.1, 0.15) is 11.6 Å². The fraction of sp³-hybridized carbons (Fsp3) is 0.467. The molecule has 6 heteroatoms. The number of piperidine rings is 1. The summed E-state index contributed by atoms with van der Waals surface area (Å²) in [4.78, 5) is 24.7. The van der Waals surface area contributed by atoms with Gasteiger partial charge in [0, 0.05) is 18.7 Å². The molecule has 1 aliphatic heterocycles. The highest BCUT2D eigenvalue weighted by Gasteiger charge is 2.32. The first-order chi connectivity index (χ1) is 9.97. The van der Waals surface area contributed by atoms with Crippen LogP contribution in [0.3, 0.4) is 0 Å². The summed E-state index contributed by atoms with van der Waals surface area (Å²) in [6.45, 7) is 1.86. The maximum Gasteiger partial charge on any atom is 0.308 e. The van der Waals surface area contributed by atoms with Gasteiger partial charge in [-0.3, -0.25) is 9.59 Å². The molecule has 0 bridgehead atoms. The van der Waals surface area contributed by atoms with Crippen LogP contribution >= 0.6 is 0 Å². The molecule has 114 valence electrons. The smallest absolute Gasteiger partial charge is 0.308 e. The highest BCUT2D eigenvalue weighted by molar-refractivity contribution is 5.79. The lowest BCUT2D eigenvalue weighted by atomic mass is 9.93. The van der Waals surface area contributed by atoms with Crippen LogP contribution in [0.4, 0.5) is 4.39 Å². The second kappa shape index (κ2) is 6.56. The van der Waals surface area contributed by atoms with E-state index in [1.165, 1.54) is 23.1 Å². The number of halogens is 1. The Hall–Kier alpha value is -2.11. The maximum atomic E-state index is 13.0. The second-order valence-electron chi connectivity index (χ2n) is 5.25. The Kier molecular flexibility index (Phi) is 4.77. The fourth-order valence-electron chi connectivity index (χ4n) is 2.44. The molecule has 2 rings (SSSR count). The summed E-state index contributed by atoms with van der Waals surface area (Å²) in [6, 6.07) is 5.55. The number of aliphatic carboxylic acids is 1. The third kappa shape index (κ3) is 3.93. The van der Waals surface area contributed by atoms with Gasteiger partial charge >= 0.3 is 5.97 Å². The first-order valence-corrected chi connectivity index (χ1v) is 6.88. The molecule has 0 aliphatic carbocycles. The van der Waals surface area contributed by atoms with Gasteiger partial charge in [-0.25, -0.2) is 4.39 Å². The van der Waals surface area contributed by atoms with Crippen LogP contribution in [0.15, 0.2) is 24.3 Å². The quantitative estimate of drug-likeness (QED) is 0.921. The maximum absolute atomic E-state index is 13.0. The summed E-state index contributed by atoms with van der Waals surface area (Å²) in [5.41, 5.74) is 0. The number of likely N-dealkylation sites (tertiary alicyclic amines) is 1. The van der Waals surface area contributed by atoms with Gasteiger partial charge in [-0.2, -0.15) is 0 Å². The number of ether oxygens (including phenoxy) is 1. The van der Waals surface area contributed by atoms with Crippen LogP contribution in [-0.2, 0) is 9.59 Å². The van der Waals surface area contributed by atoms with Crippen molar-refractivity contribution in [2.75, 3.05) is 13.2 Å². The Balaban J connectivity index is 1.93. The minimum absolute atomic E-state index is 0.00999. The summed E-state index contributed by atoms with van der Waals surface area (Å²) < 4.78 is 18.3. The van der Waals surface area contributed by atoms with Crippen LogP contribution in [0.2, 0.25) is 0 Å². The number of hydrogen-bond donors (Lipinski definition) is 1. The summed E-state index contributed by atoms with van der Waals surface area (Å²) in [6.07, 6.45) is 1.23. The fourth-order valence-corrected chi connectivity index (χ4v) is 2.44. The summed E-state index contributed by atoms with van der Waals surface area (Å²) in [7, 11) is 0. The molecule has 1 fully saturated rings. The molecule has 1 N–H and O–H groups in total. The van der Waals surface area contributed by atoms with Crippen molar-refractivity contribution >= 4 is 11.9 Å². The third-order valence-corrected chi connectivity index (χ3v) is 3.71.